The van der Waals surface area contributed by atoms with Gasteiger partial charge >= 0.3 is 0 Å². The number of nitrogens with one attached hydrogen (secondary N) is 1. The summed E-state index contributed by atoms with van der Waals surface area (Å²) in [6, 6.07) is 9.64. The van der Waals surface area contributed by atoms with E-state index in [9.17, 15) is 9.59 Å². The Morgan fingerprint density at radius 1 is 1.26 bits per heavy atom. The lowest BCUT2D eigenvalue weighted by atomic mass is 9.96. The minimum Gasteiger partial charge on any atom is -0.355 e. The fraction of sp³-hybridized carbons (Fsp3) is 0.471. The molecule has 1 aromatic rings. The van der Waals surface area contributed by atoms with Crippen LogP contribution in [0.5, 0.6) is 0 Å². The van der Waals surface area contributed by atoms with E-state index < -0.39 is 0 Å². The predicted octanol–water partition coefficient (Wildman–Crippen LogP) is 2.26. The first-order chi connectivity index (χ1) is 11.1. The maximum Gasteiger partial charge on any atom is 0.234 e. The van der Waals surface area contributed by atoms with Crippen LogP contribution in [0.4, 0.5) is 0 Å². The standard InChI is InChI=1S/C17H20BrN3O2/c18-15-3-1-13(2-4-15)11-17(23)21-9-6-14(7-10-21)12-20-16(22)5-8-19/h1-4,14H,5-7,9-12H2,(H,20,22). The third kappa shape index (κ3) is 5.68. The molecule has 0 spiro atoms. The summed E-state index contributed by atoms with van der Waals surface area (Å²) in [5, 5.41) is 11.2. The van der Waals surface area contributed by atoms with Gasteiger partial charge in [-0.2, -0.15) is 5.26 Å². The van der Waals surface area contributed by atoms with Gasteiger partial charge in [-0.3, -0.25) is 9.59 Å². The molecule has 0 bridgehead atoms. The van der Waals surface area contributed by atoms with Crippen molar-refractivity contribution in [3.8, 4) is 6.07 Å². The normalized spacial score (nSPS) is 15.0. The predicted molar refractivity (Wildman–Crippen MR) is 90.4 cm³/mol. The molecule has 122 valence electrons. The quantitative estimate of drug-likeness (QED) is 0.854. The Hall–Kier alpha value is -1.87. The summed E-state index contributed by atoms with van der Waals surface area (Å²) in [5.41, 5.74) is 1.02. The van der Waals surface area contributed by atoms with E-state index in [2.05, 4.69) is 21.2 Å². The zero-order valence-electron chi connectivity index (χ0n) is 12.9. The van der Waals surface area contributed by atoms with Gasteiger partial charge in [0.25, 0.3) is 0 Å². The maximum absolute atomic E-state index is 12.3. The zero-order valence-corrected chi connectivity index (χ0v) is 14.5. The molecule has 1 saturated heterocycles. The lowest BCUT2D eigenvalue weighted by Gasteiger charge is -2.32. The SMILES string of the molecule is N#CCC(=O)NCC1CCN(C(=O)Cc2ccc(Br)cc2)CC1. The third-order valence-electron chi connectivity index (χ3n) is 4.06. The molecule has 1 aliphatic heterocycles. The molecule has 1 aromatic carbocycles. The van der Waals surface area contributed by atoms with Gasteiger partial charge in [0.15, 0.2) is 0 Å². The van der Waals surface area contributed by atoms with E-state index in [0.717, 1.165) is 36.0 Å². The van der Waals surface area contributed by atoms with E-state index in [4.69, 9.17) is 5.26 Å². The van der Waals surface area contributed by atoms with Crippen molar-refractivity contribution >= 4 is 27.7 Å². The molecule has 23 heavy (non-hydrogen) atoms. The number of nitriles is 1. The van der Waals surface area contributed by atoms with Crippen molar-refractivity contribution in [1.29, 1.82) is 5.26 Å². The number of benzene rings is 1. The van der Waals surface area contributed by atoms with Crippen LogP contribution in [0.15, 0.2) is 28.7 Å². The van der Waals surface area contributed by atoms with Gasteiger partial charge in [-0.1, -0.05) is 28.1 Å². The van der Waals surface area contributed by atoms with Crippen molar-refractivity contribution in [3.63, 3.8) is 0 Å². The van der Waals surface area contributed by atoms with Gasteiger partial charge in [0.1, 0.15) is 6.42 Å². The number of halogens is 1. The van der Waals surface area contributed by atoms with Crippen LogP contribution in [-0.4, -0.2) is 36.3 Å². The van der Waals surface area contributed by atoms with E-state index in [-0.39, 0.29) is 18.2 Å². The van der Waals surface area contributed by atoms with Gasteiger partial charge in [-0.05, 0) is 36.5 Å². The first-order valence-corrected chi connectivity index (χ1v) is 8.53. The Kier molecular flexibility index (Phi) is 6.60. The molecule has 0 saturated carbocycles. The number of hydrogen-bond acceptors (Lipinski definition) is 3. The number of carbonyl (C=O) groups excluding carboxylic acids is 2. The third-order valence-corrected chi connectivity index (χ3v) is 4.59. The molecule has 0 aromatic heterocycles. The number of amides is 2. The van der Waals surface area contributed by atoms with Crippen LogP contribution in [0.2, 0.25) is 0 Å². The maximum atomic E-state index is 12.3. The van der Waals surface area contributed by atoms with Crippen molar-refractivity contribution < 1.29 is 9.59 Å². The lowest BCUT2D eigenvalue weighted by Crippen LogP contribution is -2.42. The summed E-state index contributed by atoms with van der Waals surface area (Å²) in [4.78, 5) is 25.5. The lowest BCUT2D eigenvalue weighted by molar-refractivity contribution is -0.132. The van der Waals surface area contributed by atoms with Crippen LogP contribution in [0.3, 0.4) is 0 Å². The van der Waals surface area contributed by atoms with Crippen molar-refractivity contribution in [2.75, 3.05) is 19.6 Å². The first kappa shape index (κ1) is 17.5. The van der Waals surface area contributed by atoms with Crippen molar-refractivity contribution in [1.82, 2.24) is 10.2 Å². The Balaban J connectivity index is 1.73. The van der Waals surface area contributed by atoms with Crippen molar-refractivity contribution in [2.45, 2.75) is 25.7 Å². The highest BCUT2D eigenvalue weighted by atomic mass is 79.9. The number of hydrogen-bond donors (Lipinski definition) is 1. The molecule has 2 amide bonds. The smallest absolute Gasteiger partial charge is 0.234 e. The van der Waals surface area contributed by atoms with Crippen LogP contribution >= 0.6 is 15.9 Å². The van der Waals surface area contributed by atoms with Crippen LogP contribution < -0.4 is 5.32 Å². The van der Waals surface area contributed by atoms with Gasteiger partial charge in [-0.15, -0.1) is 0 Å². The minimum atomic E-state index is -0.221. The molecular formula is C17H20BrN3O2. The number of carbonyl (C=O) groups is 2. The molecule has 0 unspecified atom stereocenters. The molecule has 0 radical (unpaired) electrons. The Morgan fingerprint density at radius 2 is 1.91 bits per heavy atom. The van der Waals surface area contributed by atoms with E-state index >= 15 is 0 Å². The summed E-state index contributed by atoms with van der Waals surface area (Å²) >= 11 is 3.39. The van der Waals surface area contributed by atoms with Crippen LogP contribution in [0.1, 0.15) is 24.8 Å². The monoisotopic (exact) mass is 377 g/mol. The number of nitrogens with zero attached hydrogens (tertiary/aromatic N) is 2. The summed E-state index contributed by atoms with van der Waals surface area (Å²) in [5.74, 6) is 0.315. The number of piperidine rings is 1. The fourth-order valence-electron chi connectivity index (χ4n) is 2.67. The first-order valence-electron chi connectivity index (χ1n) is 7.74. The molecule has 1 aliphatic rings. The highest BCUT2D eigenvalue weighted by Crippen LogP contribution is 2.18. The molecule has 1 heterocycles. The summed E-state index contributed by atoms with van der Waals surface area (Å²) in [6.45, 7) is 2.05. The average molecular weight is 378 g/mol. The largest absolute Gasteiger partial charge is 0.355 e. The molecule has 0 aliphatic carbocycles. The Labute approximate surface area is 144 Å². The van der Waals surface area contributed by atoms with Crippen LogP contribution in [0.25, 0.3) is 0 Å². The topological polar surface area (TPSA) is 73.2 Å². The summed E-state index contributed by atoms with van der Waals surface area (Å²) in [6.07, 6.45) is 2.11. The fourth-order valence-corrected chi connectivity index (χ4v) is 2.93. The molecule has 0 atom stereocenters. The van der Waals surface area contributed by atoms with Crippen molar-refractivity contribution in [2.24, 2.45) is 5.92 Å². The highest BCUT2D eigenvalue weighted by molar-refractivity contribution is 9.10. The zero-order chi connectivity index (χ0) is 16.7. The highest BCUT2D eigenvalue weighted by Gasteiger charge is 2.23. The van der Waals surface area contributed by atoms with Gasteiger partial charge in [0.05, 0.1) is 12.5 Å². The van der Waals surface area contributed by atoms with Crippen LogP contribution in [-0.2, 0) is 16.0 Å². The molecular weight excluding hydrogens is 358 g/mol. The number of rotatable bonds is 5. The second-order valence-electron chi connectivity index (χ2n) is 5.77. The second-order valence-corrected chi connectivity index (χ2v) is 6.68. The molecule has 6 heteroatoms. The summed E-state index contributed by atoms with van der Waals surface area (Å²) in [7, 11) is 0. The van der Waals surface area contributed by atoms with Gasteiger partial charge in [-0.25, -0.2) is 0 Å². The number of likely N-dealkylation sites (tertiary alicyclic amines) is 1. The van der Waals surface area contributed by atoms with Gasteiger partial charge in [0, 0.05) is 24.1 Å². The molecule has 5 nitrogen and oxygen atoms in total. The van der Waals surface area contributed by atoms with E-state index in [1.54, 1.807) is 0 Å². The Bertz CT molecular complexity index is 587. The second kappa shape index (κ2) is 8.68. The van der Waals surface area contributed by atoms with Gasteiger partial charge < -0.3 is 10.2 Å². The minimum absolute atomic E-state index is 0.0927. The van der Waals surface area contributed by atoms with E-state index in [1.807, 2.05) is 35.2 Å². The van der Waals surface area contributed by atoms with E-state index in [1.165, 1.54) is 0 Å². The Morgan fingerprint density at radius 3 is 2.52 bits per heavy atom. The molecule has 1 fully saturated rings. The average Bonchev–Trinajstić information content (AvgIpc) is 2.56. The van der Waals surface area contributed by atoms with Gasteiger partial charge in [0.2, 0.25) is 11.8 Å². The van der Waals surface area contributed by atoms with Crippen molar-refractivity contribution in [3.05, 3.63) is 34.3 Å². The van der Waals surface area contributed by atoms with Crippen LogP contribution in [0, 0.1) is 17.2 Å². The molecule has 2 rings (SSSR count). The van der Waals surface area contributed by atoms with E-state index in [0.29, 0.717) is 18.9 Å². The molecule has 1 N–H and O–H groups in total. The summed E-state index contributed by atoms with van der Waals surface area (Å²) < 4.78 is 1.01.